The van der Waals surface area contributed by atoms with Crippen LogP contribution in [-0.2, 0) is 9.31 Å². The van der Waals surface area contributed by atoms with Crippen LogP contribution in [0.3, 0.4) is 0 Å². The van der Waals surface area contributed by atoms with Crippen LogP contribution in [0, 0.1) is 5.92 Å². The quantitative estimate of drug-likeness (QED) is 0.538. The van der Waals surface area contributed by atoms with Gasteiger partial charge < -0.3 is 9.31 Å². The van der Waals surface area contributed by atoms with E-state index in [4.69, 9.17) is 9.31 Å². The van der Waals surface area contributed by atoms with E-state index in [1.807, 2.05) is 0 Å². The van der Waals surface area contributed by atoms with Gasteiger partial charge in [0.05, 0.1) is 11.2 Å². The fourth-order valence-corrected chi connectivity index (χ4v) is 3.29. The molecule has 2 fully saturated rings. The summed E-state index contributed by atoms with van der Waals surface area (Å²) in [5.74, 6) is 3.19. The van der Waals surface area contributed by atoms with Crippen molar-refractivity contribution in [2.45, 2.75) is 90.8 Å². The van der Waals surface area contributed by atoms with E-state index in [0.717, 1.165) is 5.92 Å². The zero-order chi connectivity index (χ0) is 14.8. The fraction of sp³-hybridized carbons (Fsp3) is 0.882. The third kappa shape index (κ3) is 3.68. The van der Waals surface area contributed by atoms with Crippen LogP contribution in [-0.4, -0.2) is 18.3 Å². The molecule has 3 heteroatoms. The van der Waals surface area contributed by atoms with Gasteiger partial charge in [0.15, 0.2) is 0 Å². The Hall–Kier alpha value is -0.275. The Kier molecular flexibility index (Phi) is 5.02. The second-order valence-electron chi connectivity index (χ2n) is 7.54. The van der Waals surface area contributed by atoms with E-state index >= 15 is 0 Å². The zero-order valence-electron chi connectivity index (χ0n) is 14.0. The highest BCUT2D eigenvalue weighted by Gasteiger charge is 2.50. The van der Waals surface area contributed by atoms with Crippen molar-refractivity contribution in [2.75, 3.05) is 0 Å². The molecule has 2 rings (SSSR count). The molecule has 1 atom stereocenters. The van der Waals surface area contributed by atoms with Crippen molar-refractivity contribution in [3.63, 3.8) is 0 Å². The highest BCUT2D eigenvalue weighted by molar-refractivity contribution is 6.51. The second kappa shape index (κ2) is 6.23. The van der Waals surface area contributed by atoms with Gasteiger partial charge in [-0.1, -0.05) is 37.7 Å². The van der Waals surface area contributed by atoms with Crippen molar-refractivity contribution in [3.8, 4) is 0 Å². The summed E-state index contributed by atoms with van der Waals surface area (Å²) < 4.78 is 12.2. The molecule has 1 aliphatic carbocycles. The predicted octanol–water partition coefficient (Wildman–Crippen LogP) is 4.92. The average Bonchev–Trinajstić information content (AvgIpc) is 2.50. The molecule has 1 aliphatic heterocycles. The molecule has 1 unspecified atom stereocenters. The van der Waals surface area contributed by atoms with Crippen molar-refractivity contribution in [1.82, 2.24) is 0 Å². The minimum absolute atomic E-state index is 0.155. The smallest absolute Gasteiger partial charge is 0.400 e. The number of hydrogen-bond acceptors (Lipinski definition) is 2. The molecule has 2 nitrogen and oxygen atoms in total. The van der Waals surface area contributed by atoms with Crippen molar-refractivity contribution in [1.29, 1.82) is 0 Å². The standard InChI is InChI=1S/C17H31BO2/c1-6-8-14-9-7-10-15(12-11-14)13-18-19-16(2,3)17(4,5)20-18/h13-14H,6-12H2,1-5H3/b15-13-. The molecule has 0 radical (unpaired) electrons. The lowest BCUT2D eigenvalue weighted by Gasteiger charge is -2.32. The van der Waals surface area contributed by atoms with Crippen molar-refractivity contribution in [2.24, 2.45) is 5.92 Å². The maximum atomic E-state index is 6.08. The summed E-state index contributed by atoms with van der Waals surface area (Å²) in [4.78, 5) is 0. The third-order valence-electron chi connectivity index (χ3n) is 5.32. The molecule has 1 heterocycles. The Labute approximate surface area is 125 Å². The van der Waals surface area contributed by atoms with E-state index in [1.54, 1.807) is 5.57 Å². The van der Waals surface area contributed by atoms with Crippen LogP contribution in [0.15, 0.2) is 11.5 Å². The van der Waals surface area contributed by atoms with Crippen LogP contribution in [0.1, 0.15) is 79.6 Å². The topological polar surface area (TPSA) is 18.5 Å². The van der Waals surface area contributed by atoms with E-state index in [1.165, 1.54) is 44.9 Å². The first-order chi connectivity index (χ1) is 9.34. The third-order valence-corrected chi connectivity index (χ3v) is 5.32. The van der Waals surface area contributed by atoms with Gasteiger partial charge >= 0.3 is 7.12 Å². The van der Waals surface area contributed by atoms with Crippen LogP contribution in [0.4, 0.5) is 0 Å². The van der Waals surface area contributed by atoms with E-state index in [-0.39, 0.29) is 18.3 Å². The predicted molar refractivity (Wildman–Crippen MR) is 85.6 cm³/mol. The first-order valence-electron chi connectivity index (χ1n) is 8.39. The number of rotatable bonds is 3. The molecular formula is C17H31BO2. The van der Waals surface area contributed by atoms with Gasteiger partial charge in [0.2, 0.25) is 0 Å². The van der Waals surface area contributed by atoms with Crippen LogP contribution in [0.25, 0.3) is 0 Å². The highest BCUT2D eigenvalue weighted by Crippen LogP contribution is 2.38. The maximum Gasteiger partial charge on any atom is 0.487 e. The fourth-order valence-electron chi connectivity index (χ4n) is 3.29. The van der Waals surface area contributed by atoms with Gasteiger partial charge in [0, 0.05) is 0 Å². The van der Waals surface area contributed by atoms with Crippen LogP contribution < -0.4 is 0 Å². The Morgan fingerprint density at radius 2 is 1.75 bits per heavy atom. The van der Waals surface area contributed by atoms with E-state index in [9.17, 15) is 0 Å². The largest absolute Gasteiger partial charge is 0.487 e. The van der Waals surface area contributed by atoms with Gasteiger partial charge in [-0.15, -0.1) is 0 Å². The minimum Gasteiger partial charge on any atom is -0.400 e. The molecule has 0 aromatic rings. The average molecular weight is 278 g/mol. The lowest BCUT2D eigenvalue weighted by Crippen LogP contribution is -2.41. The molecule has 1 saturated heterocycles. The summed E-state index contributed by atoms with van der Waals surface area (Å²) in [5.41, 5.74) is 1.11. The molecule has 20 heavy (non-hydrogen) atoms. The molecule has 0 spiro atoms. The van der Waals surface area contributed by atoms with Crippen LogP contribution >= 0.6 is 0 Å². The van der Waals surface area contributed by atoms with Gasteiger partial charge in [0.25, 0.3) is 0 Å². The molecule has 0 aromatic carbocycles. The normalized spacial score (nSPS) is 31.6. The zero-order valence-corrected chi connectivity index (χ0v) is 14.0. The first kappa shape index (κ1) is 16.1. The highest BCUT2D eigenvalue weighted by atomic mass is 16.7. The summed E-state index contributed by atoms with van der Waals surface area (Å²) in [6, 6.07) is 0. The second-order valence-corrected chi connectivity index (χ2v) is 7.54. The molecule has 2 aliphatic rings. The Morgan fingerprint density at radius 1 is 1.10 bits per heavy atom. The molecule has 0 amide bonds. The molecule has 0 aromatic heterocycles. The molecule has 0 bridgehead atoms. The number of allylic oxidation sites excluding steroid dienone is 1. The molecule has 114 valence electrons. The minimum atomic E-state index is -0.218. The van der Waals surface area contributed by atoms with Crippen molar-refractivity contribution in [3.05, 3.63) is 11.5 Å². The summed E-state index contributed by atoms with van der Waals surface area (Å²) in [6.07, 6.45) is 9.24. The molecule has 0 N–H and O–H groups in total. The van der Waals surface area contributed by atoms with Gasteiger partial charge in [0.1, 0.15) is 0 Å². The van der Waals surface area contributed by atoms with Crippen molar-refractivity contribution >= 4 is 7.12 Å². The number of hydrogen-bond donors (Lipinski definition) is 0. The van der Waals surface area contributed by atoms with E-state index in [0.29, 0.717) is 0 Å². The van der Waals surface area contributed by atoms with E-state index in [2.05, 4.69) is 40.6 Å². The lowest BCUT2D eigenvalue weighted by molar-refractivity contribution is 0.00578. The van der Waals surface area contributed by atoms with Gasteiger partial charge in [-0.25, -0.2) is 0 Å². The maximum absolute atomic E-state index is 6.08. The molecule has 1 saturated carbocycles. The summed E-state index contributed by atoms with van der Waals surface area (Å²) in [7, 11) is -0.155. The Balaban J connectivity index is 1.95. The summed E-state index contributed by atoms with van der Waals surface area (Å²) >= 11 is 0. The Morgan fingerprint density at radius 3 is 2.35 bits per heavy atom. The lowest BCUT2D eigenvalue weighted by atomic mass is 9.85. The van der Waals surface area contributed by atoms with Crippen molar-refractivity contribution < 1.29 is 9.31 Å². The van der Waals surface area contributed by atoms with Gasteiger partial charge in [-0.2, -0.15) is 0 Å². The monoisotopic (exact) mass is 278 g/mol. The first-order valence-corrected chi connectivity index (χ1v) is 8.39. The molecular weight excluding hydrogens is 247 g/mol. The summed E-state index contributed by atoms with van der Waals surface area (Å²) in [6.45, 7) is 10.8. The SMILES string of the molecule is CCCC1CCC/C(=C/B2OC(C)(C)C(C)(C)O2)CC1. The Bertz CT molecular complexity index is 344. The summed E-state index contributed by atoms with van der Waals surface area (Å²) in [5, 5.41) is 0. The van der Waals surface area contributed by atoms with Crippen LogP contribution in [0.5, 0.6) is 0 Å². The van der Waals surface area contributed by atoms with Crippen LogP contribution in [0.2, 0.25) is 0 Å². The van der Waals surface area contributed by atoms with Gasteiger partial charge in [-0.05, 0) is 59.3 Å². The van der Waals surface area contributed by atoms with E-state index < -0.39 is 0 Å². The van der Waals surface area contributed by atoms with Gasteiger partial charge in [-0.3, -0.25) is 0 Å².